The number of esters is 1. The second-order valence-corrected chi connectivity index (χ2v) is 5.12. The molecule has 1 aliphatic carbocycles. The van der Waals surface area contributed by atoms with Gasteiger partial charge in [0.1, 0.15) is 12.3 Å². The molecule has 0 aromatic carbocycles. The molecule has 1 amide bonds. The predicted octanol–water partition coefficient (Wildman–Crippen LogP) is 2.16. The van der Waals surface area contributed by atoms with Crippen LogP contribution >= 0.6 is 0 Å². The lowest BCUT2D eigenvalue weighted by Gasteiger charge is -2.27. The molecule has 0 unspecified atom stereocenters. The minimum atomic E-state index is -0.358. The Hall–Kier alpha value is -1.78. The van der Waals surface area contributed by atoms with Crippen LogP contribution in [0.15, 0.2) is 22.8 Å². The molecular formula is C15H21NO4. The number of carbonyl (C=O) groups excluding carboxylic acids is 2. The highest BCUT2D eigenvalue weighted by Gasteiger charge is 2.28. The highest BCUT2D eigenvalue weighted by atomic mass is 16.5. The summed E-state index contributed by atoms with van der Waals surface area (Å²) in [5.74, 6) is 0.435. The Balaban J connectivity index is 1.93. The number of hydrogen-bond acceptors (Lipinski definition) is 4. The fourth-order valence-corrected chi connectivity index (χ4v) is 2.67. The van der Waals surface area contributed by atoms with Gasteiger partial charge in [-0.05, 0) is 25.0 Å². The van der Waals surface area contributed by atoms with E-state index in [2.05, 4.69) is 4.74 Å². The Kier molecular flexibility index (Phi) is 5.21. The van der Waals surface area contributed by atoms with E-state index in [9.17, 15) is 9.59 Å². The first-order valence-corrected chi connectivity index (χ1v) is 7.09. The Labute approximate surface area is 118 Å². The van der Waals surface area contributed by atoms with Crippen LogP contribution in [0.2, 0.25) is 0 Å². The molecule has 0 bridgehead atoms. The second-order valence-electron chi connectivity index (χ2n) is 5.12. The van der Waals surface area contributed by atoms with Crippen LogP contribution in [0.1, 0.15) is 37.9 Å². The van der Waals surface area contributed by atoms with Crippen molar-refractivity contribution < 1.29 is 18.7 Å². The molecule has 1 saturated carbocycles. The lowest BCUT2D eigenvalue weighted by atomic mass is 10.1. The molecule has 1 heterocycles. The van der Waals surface area contributed by atoms with E-state index in [1.54, 1.807) is 11.2 Å². The van der Waals surface area contributed by atoms with E-state index in [0.717, 1.165) is 31.4 Å². The van der Waals surface area contributed by atoms with E-state index < -0.39 is 0 Å². The molecule has 5 heteroatoms. The molecule has 5 nitrogen and oxygen atoms in total. The molecule has 20 heavy (non-hydrogen) atoms. The van der Waals surface area contributed by atoms with Crippen molar-refractivity contribution in [2.24, 2.45) is 0 Å². The molecule has 0 atom stereocenters. The van der Waals surface area contributed by atoms with Gasteiger partial charge < -0.3 is 14.1 Å². The van der Waals surface area contributed by atoms with Gasteiger partial charge in [0, 0.05) is 18.9 Å². The number of nitrogens with zero attached hydrogens (tertiary/aromatic N) is 1. The zero-order chi connectivity index (χ0) is 14.4. The van der Waals surface area contributed by atoms with Crippen molar-refractivity contribution in [3.63, 3.8) is 0 Å². The summed E-state index contributed by atoms with van der Waals surface area (Å²) in [4.78, 5) is 25.5. The molecule has 0 N–H and O–H groups in total. The summed E-state index contributed by atoms with van der Waals surface area (Å²) in [6.45, 7) is 0.0537. The van der Waals surface area contributed by atoms with Gasteiger partial charge in [0.15, 0.2) is 0 Å². The van der Waals surface area contributed by atoms with Crippen molar-refractivity contribution in [1.82, 2.24) is 4.90 Å². The average Bonchev–Trinajstić information content (AvgIpc) is 3.14. The minimum absolute atomic E-state index is 0.00120. The summed E-state index contributed by atoms with van der Waals surface area (Å²) in [5.41, 5.74) is 0. The smallest absolute Gasteiger partial charge is 0.325 e. The summed E-state index contributed by atoms with van der Waals surface area (Å²) < 4.78 is 9.92. The third kappa shape index (κ3) is 3.85. The number of carbonyl (C=O) groups is 2. The minimum Gasteiger partial charge on any atom is -0.469 e. The summed E-state index contributed by atoms with van der Waals surface area (Å²) in [5, 5.41) is 0. The maximum Gasteiger partial charge on any atom is 0.325 e. The fraction of sp³-hybridized carbons (Fsp3) is 0.600. The third-order valence-corrected chi connectivity index (χ3v) is 3.78. The maximum absolute atomic E-state index is 12.4. The number of aryl methyl sites for hydroxylation is 1. The molecule has 110 valence electrons. The fourth-order valence-electron chi connectivity index (χ4n) is 2.67. The highest BCUT2D eigenvalue weighted by molar-refractivity contribution is 5.82. The summed E-state index contributed by atoms with van der Waals surface area (Å²) in [7, 11) is 1.35. The molecular weight excluding hydrogens is 258 g/mol. The summed E-state index contributed by atoms with van der Waals surface area (Å²) >= 11 is 0. The largest absolute Gasteiger partial charge is 0.469 e. The van der Waals surface area contributed by atoms with Crippen molar-refractivity contribution in [1.29, 1.82) is 0 Å². The normalized spacial score (nSPS) is 15.2. The topological polar surface area (TPSA) is 59.8 Å². The standard InChI is InChI=1S/C15H21NO4/c1-19-15(18)11-16(12-5-2-3-6-12)14(17)9-8-13-7-4-10-20-13/h4,7,10,12H,2-3,5-6,8-9,11H2,1H3. The van der Waals surface area contributed by atoms with E-state index in [4.69, 9.17) is 4.42 Å². The monoisotopic (exact) mass is 279 g/mol. The number of furan rings is 1. The van der Waals surface area contributed by atoms with Crippen LogP contribution in [0.25, 0.3) is 0 Å². The number of ether oxygens (including phenoxy) is 1. The summed E-state index contributed by atoms with van der Waals surface area (Å²) in [6.07, 6.45) is 6.72. The van der Waals surface area contributed by atoms with Crippen LogP contribution in [0.5, 0.6) is 0 Å². The van der Waals surface area contributed by atoms with Crippen LogP contribution in [-0.2, 0) is 20.7 Å². The van der Waals surface area contributed by atoms with Gasteiger partial charge in [-0.3, -0.25) is 9.59 Å². The molecule has 1 aromatic heterocycles. The van der Waals surface area contributed by atoms with E-state index in [1.165, 1.54) is 7.11 Å². The first-order chi connectivity index (χ1) is 9.70. The van der Waals surface area contributed by atoms with Crippen LogP contribution in [-0.4, -0.2) is 36.5 Å². The summed E-state index contributed by atoms with van der Waals surface area (Å²) in [6, 6.07) is 3.84. The highest BCUT2D eigenvalue weighted by Crippen LogP contribution is 2.24. The molecule has 1 aromatic rings. The lowest BCUT2D eigenvalue weighted by molar-refractivity contribution is -0.148. The Morgan fingerprint density at radius 2 is 2.15 bits per heavy atom. The van der Waals surface area contributed by atoms with Crippen LogP contribution in [0, 0.1) is 0 Å². The number of methoxy groups -OCH3 is 1. The Morgan fingerprint density at radius 3 is 2.75 bits per heavy atom. The third-order valence-electron chi connectivity index (χ3n) is 3.78. The van der Waals surface area contributed by atoms with Crippen molar-refractivity contribution in [3.8, 4) is 0 Å². The van der Waals surface area contributed by atoms with Gasteiger partial charge in [-0.15, -0.1) is 0 Å². The van der Waals surface area contributed by atoms with Crippen molar-refractivity contribution in [2.75, 3.05) is 13.7 Å². The quantitative estimate of drug-likeness (QED) is 0.749. The maximum atomic E-state index is 12.4. The van der Waals surface area contributed by atoms with Crippen molar-refractivity contribution >= 4 is 11.9 Å². The molecule has 0 radical (unpaired) electrons. The molecule has 1 fully saturated rings. The Bertz CT molecular complexity index is 435. The molecule has 0 spiro atoms. The molecule has 0 saturated heterocycles. The van der Waals surface area contributed by atoms with E-state index in [-0.39, 0.29) is 24.5 Å². The van der Waals surface area contributed by atoms with Gasteiger partial charge in [0.05, 0.1) is 13.4 Å². The van der Waals surface area contributed by atoms with E-state index >= 15 is 0 Å². The second kappa shape index (κ2) is 7.12. The van der Waals surface area contributed by atoms with Crippen LogP contribution in [0.3, 0.4) is 0 Å². The van der Waals surface area contributed by atoms with Crippen molar-refractivity contribution in [2.45, 2.75) is 44.6 Å². The first-order valence-electron chi connectivity index (χ1n) is 7.09. The zero-order valence-electron chi connectivity index (χ0n) is 11.8. The lowest BCUT2D eigenvalue weighted by Crippen LogP contribution is -2.42. The number of rotatable bonds is 6. The average molecular weight is 279 g/mol. The van der Waals surface area contributed by atoms with Gasteiger partial charge in [-0.25, -0.2) is 0 Å². The zero-order valence-corrected chi connectivity index (χ0v) is 11.8. The van der Waals surface area contributed by atoms with Gasteiger partial charge >= 0.3 is 5.97 Å². The predicted molar refractivity (Wildman–Crippen MR) is 73.0 cm³/mol. The van der Waals surface area contributed by atoms with Gasteiger partial charge in [0.2, 0.25) is 5.91 Å². The van der Waals surface area contributed by atoms with Crippen molar-refractivity contribution in [3.05, 3.63) is 24.2 Å². The van der Waals surface area contributed by atoms with Crippen LogP contribution in [0.4, 0.5) is 0 Å². The first kappa shape index (κ1) is 14.6. The molecule has 2 rings (SSSR count). The Morgan fingerprint density at radius 1 is 1.40 bits per heavy atom. The van der Waals surface area contributed by atoms with E-state index in [1.807, 2.05) is 12.1 Å². The van der Waals surface area contributed by atoms with Gasteiger partial charge in [0.25, 0.3) is 0 Å². The number of hydrogen-bond donors (Lipinski definition) is 0. The number of amides is 1. The molecule has 0 aliphatic heterocycles. The SMILES string of the molecule is COC(=O)CN(C(=O)CCc1ccco1)C1CCCC1. The van der Waals surface area contributed by atoms with Gasteiger partial charge in [-0.1, -0.05) is 12.8 Å². The van der Waals surface area contributed by atoms with Crippen LogP contribution < -0.4 is 0 Å². The van der Waals surface area contributed by atoms with Gasteiger partial charge in [-0.2, -0.15) is 0 Å². The molecule has 1 aliphatic rings. The van der Waals surface area contributed by atoms with E-state index in [0.29, 0.717) is 12.8 Å².